The smallest absolute Gasteiger partial charge is 0.185 e. The number of halogens is 2. The van der Waals surface area contributed by atoms with E-state index in [1.807, 2.05) is 43.3 Å². The van der Waals surface area contributed by atoms with Crippen LogP contribution in [0.1, 0.15) is 12.5 Å². The third-order valence-corrected chi connectivity index (χ3v) is 5.39. The minimum absolute atomic E-state index is 0.319. The van der Waals surface area contributed by atoms with E-state index in [1.165, 1.54) is 17.8 Å². The Hall–Kier alpha value is -2.64. The van der Waals surface area contributed by atoms with Gasteiger partial charge in [-0.2, -0.15) is 9.61 Å². The molecule has 28 heavy (non-hydrogen) atoms. The van der Waals surface area contributed by atoms with Crippen molar-refractivity contribution >= 4 is 29.0 Å². The molecule has 0 fully saturated rings. The van der Waals surface area contributed by atoms with Crippen LogP contribution in [0, 0.1) is 5.82 Å². The molecule has 0 radical (unpaired) electrons. The molecule has 0 saturated heterocycles. The highest BCUT2D eigenvalue weighted by Crippen LogP contribution is 2.28. The zero-order chi connectivity index (χ0) is 19.5. The zero-order valence-electron chi connectivity index (χ0n) is 15.0. The first-order valence-electron chi connectivity index (χ1n) is 8.67. The number of nitrogens with zero attached hydrogens (tertiary/aromatic N) is 4. The van der Waals surface area contributed by atoms with Crippen molar-refractivity contribution in [1.29, 1.82) is 0 Å². The maximum atomic E-state index is 14.0. The van der Waals surface area contributed by atoms with E-state index < -0.39 is 0 Å². The molecule has 0 atom stereocenters. The lowest BCUT2D eigenvalue weighted by molar-refractivity contribution is 0.340. The molecule has 0 aliphatic heterocycles. The van der Waals surface area contributed by atoms with Gasteiger partial charge in [0.05, 0.1) is 6.61 Å². The highest BCUT2D eigenvalue weighted by molar-refractivity contribution is 7.98. The summed E-state index contributed by atoms with van der Waals surface area (Å²) in [6, 6.07) is 16.0. The van der Waals surface area contributed by atoms with Crippen LogP contribution in [0.25, 0.3) is 17.0 Å². The summed E-state index contributed by atoms with van der Waals surface area (Å²) in [7, 11) is 0. The molecule has 2 aromatic carbocycles. The van der Waals surface area contributed by atoms with Gasteiger partial charge >= 0.3 is 0 Å². The lowest BCUT2D eigenvalue weighted by atomic mass is 10.2. The molecule has 8 heteroatoms. The number of hydrogen-bond donors (Lipinski definition) is 0. The highest BCUT2D eigenvalue weighted by atomic mass is 35.5. The number of fused-ring (bicyclic) bond motifs is 1. The van der Waals surface area contributed by atoms with Crippen LogP contribution in [0.3, 0.4) is 0 Å². The SMILES string of the molecule is CCOc1ccc(-c2nnc3ccc(SCc4c(F)cccc4Cl)nn23)cc1. The van der Waals surface area contributed by atoms with Crippen molar-refractivity contribution in [1.82, 2.24) is 19.8 Å². The third kappa shape index (κ3) is 3.81. The van der Waals surface area contributed by atoms with Gasteiger partial charge in [0.15, 0.2) is 11.5 Å². The van der Waals surface area contributed by atoms with E-state index in [1.54, 1.807) is 16.6 Å². The fourth-order valence-corrected chi connectivity index (χ4v) is 3.91. The molecule has 0 saturated carbocycles. The van der Waals surface area contributed by atoms with Crippen molar-refractivity contribution in [3.63, 3.8) is 0 Å². The second-order valence-corrected chi connectivity index (χ2v) is 7.31. The van der Waals surface area contributed by atoms with Gasteiger partial charge in [0, 0.05) is 21.9 Å². The molecule has 4 rings (SSSR count). The predicted octanol–water partition coefficient (Wildman–Crippen LogP) is 5.27. The molecular formula is C20H16ClFN4OS. The number of rotatable bonds is 6. The molecule has 0 aliphatic carbocycles. The molecule has 4 aromatic rings. The Morgan fingerprint density at radius 3 is 2.64 bits per heavy atom. The first-order chi connectivity index (χ1) is 13.7. The van der Waals surface area contributed by atoms with Gasteiger partial charge in [-0.25, -0.2) is 4.39 Å². The fourth-order valence-electron chi connectivity index (χ4n) is 2.71. The molecular weight excluding hydrogens is 399 g/mol. The summed E-state index contributed by atoms with van der Waals surface area (Å²) in [4.78, 5) is 0. The van der Waals surface area contributed by atoms with Gasteiger partial charge in [0.1, 0.15) is 16.6 Å². The number of ether oxygens (including phenoxy) is 1. The maximum Gasteiger partial charge on any atom is 0.185 e. The molecule has 5 nitrogen and oxygen atoms in total. The Labute approximate surface area is 170 Å². The van der Waals surface area contributed by atoms with E-state index in [0.29, 0.717) is 34.4 Å². The molecule has 0 aliphatic rings. The Balaban J connectivity index is 1.61. The van der Waals surface area contributed by atoms with Crippen LogP contribution < -0.4 is 4.74 Å². The largest absolute Gasteiger partial charge is 0.494 e. The average Bonchev–Trinajstić information content (AvgIpc) is 3.12. The quantitative estimate of drug-likeness (QED) is 0.402. The first kappa shape index (κ1) is 18.7. The number of hydrogen-bond acceptors (Lipinski definition) is 5. The van der Waals surface area contributed by atoms with Crippen molar-refractivity contribution in [2.45, 2.75) is 17.7 Å². The summed E-state index contributed by atoms with van der Waals surface area (Å²) in [5, 5.41) is 14.2. The van der Waals surface area contributed by atoms with Gasteiger partial charge in [-0.05, 0) is 55.5 Å². The van der Waals surface area contributed by atoms with E-state index in [-0.39, 0.29) is 5.82 Å². The van der Waals surface area contributed by atoms with Gasteiger partial charge in [0.2, 0.25) is 0 Å². The van der Waals surface area contributed by atoms with E-state index >= 15 is 0 Å². The van der Waals surface area contributed by atoms with Crippen LogP contribution in [0.5, 0.6) is 5.75 Å². The molecule has 0 spiro atoms. The molecule has 2 heterocycles. The van der Waals surface area contributed by atoms with Crippen LogP contribution in [0.4, 0.5) is 4.39 Å². The van der Waals surface area contributed by atoms with Gasteiger partial charge in [-0.1, -0.05) is 29.4 Å². The molecule has 2 aromatic heterocycles. The van der Waals surface area contributed by atoms with E-state index in [0.717, 1.165) is 16.3 Å². The van der Waals surface area contributed by atoms with Crippen LogP contribution >= 0.6 is 23.4 Å². The summed E-state index contributed by atoms with van der Waals surface area (Å²) in [6.07, 6.45) is 0. The van der Waals surface area contributed by atoms with E-state index in [2.05, 4.69) is 15.3 Å². The van der Waals surface area contributed by atoms with Gasteiger partial charge in [-0.3, -0.25) is 0 Å². The third-order valence-electron chi connectivity index (χ3n) is 4.09. The van der Waals surface area contributed by atoms with Crippen LogP contribution in [-0.2, 0) is 5.75 Å². The lowest BCUT2D eigenvalue weighted by Gasteiger charge is -2.06. The average molecular weight is 415 g/mol. The van der Waals surface area contributed by atoms with Crippen molar-refractivity contribution in [3.8, 4) is 17.1 Å². The second kappa shape index (κ2) is 8.16. The van der Waals surface area contributed by atoms with Crippen LogP contribution in [0.2, 0.25) is 5.02 Å². The molecule has 0 bridgehead atoms. The minimum Gasteiger partial charge on any atom is -0.494 e. The lowest BCUT2D eigenvalue weighted by Crippen LogP contribution is -1.97. The zero-order valence-corrected chi connectivity index (χ0v) is 16.5. The Bertz CT molecular complexity index is 1100. The molecule has 142 valence electrons. The second-order valence-electron chi connectivity index (χ2n) is 5.91. The Morgan fingerprint density at radius 2 is 1.89 bits per heavy atom. The first-order valence-corrected chi connectivity index (χ1v) is 10.0. The summed E-state index contributed by atoms with van der Waals surface area (Å²) < 4.78 is 21.1. The van der Waals surface area contributed by atoms with Crippen molar-refractivity contribution < 1.29 is 9.13 Å². The van der Waals surface area contributed by atoms with Gasteiger partial charge < -0.3 is 4.74 Å². The maximum absolute atomic E-state index is 14.0. The summed E-state index contributed by atoms with van der Waals surface area (Å²) in [5.41, 5.74) is 1.98. The predicted molar refractivity (Wildman–Crippen MR) is 108 cm³/mol. The molecule has 0 N–H and O–H groups in total. The van der Waals surface area contributed by atoms with Gasteiger partial charge in [-0.15, -0.1) is 10.2 Å². The van der Waals surface area contributed by atoms with Crippen molar-refractivity contribution in [2.75, 3.05) is 6.61 Å². The van der Waals surface area contributed by atoms with E-state index in [9.17, 15) is 4.39 Å². The number of benzene rings is 2. The standard InChI is InChI=1S/C20H16ClFN4OS/c1-2-27-14-8-6-13(7-9-14)20-24-23-18-10-11-19(25-26(18)20)28-12-15-16(21)4-3-5-17(15)22/h3-11H,2,12H2,1H3. The molecule has 0 unspecified atom stereocenters. The topological polar surface area (TPSA) is 52.3 Å². The minimum atomic E-state index is -0.319. The Morgan fingerprint density at radius 1 is 1.07 bits per heavy atom. The Kier molecular flexibility index (Phi) is 5.45. The number of thioether (sulfide) groups is 1. The van der Waals surface area contributed by atoms with E-state index in [4.69, 9.17) is 16.3 Å². The van der Waals surface area contributed by atoms with Crippen molar-refractivity contribution in [3.05, 3.63) is 71.0 Å². The summed E-state index contributed by atoms with van der Waals surface area (Å²) in [6.45, 7) is 2.55. The van der Waals surface area contributed by atoms with Crippen molar-refractivity contribution in [2.24, 2.45) is 0 Å². The van der Waals surface area contributed by atoms with Crippen LogP contribution in [0.15, 0.2) is 59.6 Å². The summed E-state index contributed by atoms with van der Waals surface area (Å²) >= 11 is 7.51. The number of aromatic nitrogens is 4. The molecule has 0 amide bonds. The highest BCUT2D eigenvalue weighted by Gasteiger charge is 2.12. The monoisotopic (exact) mass is 414 g/mol. The fraction of sp³-hybridized carbons (Fsp3) is 0.150. The normalized spacial score (nSPS) is 11.1. The van der Waals surface area contributed by atoms with Gasteiger partial charge in [0.25, 0.3) is 0 Å². The summed E-state index contributed by atoms with van der Waals surface area (Å²) in [5.74, 6) is 1.49. The van der Waals surface area contributed by atoms with Crippen LogP contribution in [-0.4, -0.2) is 26.4 Å².